The second kappa shape index (κ2) is 6.17. The SMILES string of the molecule is C/C(=C\C(=O)NNC(=O)[C@H]1CCCO1)C12CC3CC(CC(C3)C1)C2. The number of nitrogens with one attached hydrogen (secondary N) is 2. The molecular formula is C19H28N2O3. The zero-order chi connectivity index (χ0) is 16.7. The van der Waals surface area contributed by atoms with E-state index in [9.17, 15) is 9.59 Å². The molecule has 1 heterocycles. The Morgan fingerprint density at radius 3 is 2.21 bits per heavy atom. The molecule has 5 fully saturated rings. The minimum Gasteiger partial charge on any atom is -0.368 e. The van der Waals surface area contributed by atoms with E-state index >= 15 is 0 Å². The van der Waals surface area contributed by atoms with Gasteiger partial charge in [0.15, 0.2) is 0 Å². The van der Waals surface area contributed by atoms with E-state index in [0.717, 1.165) is 30.6 Å². The molecule has 1 aliphatic heterocycles. The van der Waals surface area contributed by atoms with Gasteiger partial charge in [0, 0.05) is 12.7 Å². The van der Waals surface area contributed by atoms with Crippen molar-refractivity contribution in [2.75, 3.05) is 6.61 Å². The van der Waals surface area contributed by atoms with Gasteiger partial charge in [-0.05, 0) is 81.5 Å². The van der Waals surface area contributed by atoms with Crippen molar-refractivity contribution >= 4 is 11.8 Å². The van der Waals surface area contributed by atoms with E-state index in [1.165, 1.54) is 44.1 Å². The molecule has 5 rings (SSSR count). The fourth-order valence-corrected chi connectivity index (χ4v) is 5.97. The molecule has 4 bridgehead atoms. The van der Waals surface area contributed by atoms with Crippen LogP contribution in [0.3, 0.4) is 0 Å². The highest BCUT2D eigenvalue weighted by atomic mass is 16.5. The molecule has 1 atom stereocenters. The van der Waals surface area contributed by atoms with Gasteiger partial charge in [-0.25, -0.2) is 0 Å². The lowest BCUT2D eigenvalue weighted by molar-refractivity contribution is -0.133. The summed E-state index contributed by atoms with van der Waals surface area (Å²) in [5.41, 5.74) is 6.46. The van der Waals surface area contributed by atoms with Gasteiger partial charge in [0.1, 0.15) is 6.10 Å². The van der Waals surface area contributed by atoms with Crippen LogP contribution in [0, 0.1) is 23.2 Å². The van der Waals surface area contributed by atoms with Gasteiger partial charge < -0.3 is 4.74 Å². The molecule has 24 heavy (non-hydrogen) atoms. The molecule has 2 amide bonds. The summed E-state index contributed by atoms with van der Waals surface area (Å²) in [6, 6.07) is 0. The largest absolute Gasteiger partial charge is 0.368 e. The van der Waals surface area contributed by atoms with Gasteiger partial charge in [0.25, 0.3) is 11.8 Å². The molecule has 4 saturated carbocycles. The fraction of sp³-hybridized carbons (Fsp3) is 0.789. The molecule has 2 N–H and O–H groups in total. The number of carbonyl (C=O) groups is 2. The summed E-state index contributed by atoms with van der Waals surface area (Å²) in [6.45, 7) is 2.73. The summed E-state index contributed by atoms with van der Waals surface area (Å²) in [6.07, 6.45) is 10.9. The molecule has 0 aromatic carbocycles. The van der Waals surface area contributed by atoms with Crippen LogP contribution in [0.2, 0.25) is 0 Å². The zero-order valence-corrected chi connectivity index (χ0v) is 14.5. The maximum absolute atomic E-state index is 12.2. The Kier molecular flexibility index (Phi) is 4.15. The van der Waals surface area contributed by atoms with Crippen molar-refractivity contribution in [3.63, 3.8) is 0 Å². The highest BCUT2D eigenvalue weighted by Crippen LogP contribution is 2.62. The van der Waals surface area contributed by atoms with Crippen LogP contribution < -0.4 is 10.9 Å². The summed E-state index contributed by atoms with van der Waals surface area (Å²) in [5, 5.41) is 0. The second-order valence-corrected chi connectivity index (χ2v) is 8.51. The minimum absolute atomic E-state index is 0.227. The van der Waals surface area contributed by atoms with Gasteiger partial charge in [0.05, 0.1) is 0 Å². The van der Waals surface area contributed by atoms with Gasteiger partial charge >= 0.3 is 0 Å². The van der Waals surface area contributed by atoms with E-state index in [0.29, 0.717) is 6.61 Å². The maximum atomic E-state index is 12.2. The topological polar surface area (TPSA) is 67.4 Å². The summed E-state index contributed by atoms with van der Waals surface area (Å²) >= 11 is 0. The fourth-order valence-electron chi connectivity index (χ4n) is 5.97. The molecule has 1 saturated heterocycles. The number of rotatable bonds is 3. The molecule has 0 aromatic rings. The predicted molar refractivity (Wildman–Crippen MR) is 89.6 cm³/mol. The molecule has 4 aliphatic carbocycles. The average Bonchev–Trinajstić information content (AvgIpc) is 3.05. The van der Waals surface area contributed by atoms with E-state index in [-0.39, 0.29) is 17.2 Å². The van der Waals surface area contributed by atoms with Crippen molar-refractivity contribution in [3.05, 3.63) is 11.6 Å². The molecule has 0 aromatic heterocycles. The number of hydrogen-bond donors (Lipinski definition) is 2. The highest BCUT2D eigenvalue weighted by Gasteiger charge is 2.51. The summed E-state index contributed by atoms with van der Waals surface area (Å²) in [4.78, 5) is 24.1. The third-order valence-electron chi connectivity index (χ3n) is 6.75. The predicted octanol–water partition coefficient (Wildman–Crippen LogP) is 2.48. The van der Waals surface area contributed by atoms with Crippen molar-refractivity contribution in [2.24, 2.45) is 23.2 Å². The van der Waals surface area contributed by atoms with Crippen LogP contribution >= 0.6 is 0 Å². The van der Waals surface area contributed by atoms with Crippen molar-refractivity contribution in [1.82, 2.24) is 10.9 Å². The second-order valence-electron chi connectivity index (χ2n) is 8.51. The van der Waals surface area contributed by atoms with E-state index in [1.807, 2.05) is 0 Å². The normalized spacial score (nSPS) is 40.6. The molecule has 5 heteroatoms. The number of carbonyl (C=O) groups excluding carboxylic acids is 2. The van der Waals surface area contributed by atoms with E-state index in [2.05, 4.69) is 17.8 Å². The van der Waals surface area contributed by atoms with E-state index < -0.39 is 6.10 Å². The Morgan fingerprint density at radius 2 is 1.67 bits per heavy atom. The number of amides is 2. The van der Waals surface area contributed by atoms with Gasteiger partial charge in [-0.15, -0.1) is 0 Å². The number of ether oxygens (including phenoxy) is 1. The standard InChI is InChI=1S/C19H28N2O3/c1-12(5-17(22)20-21-18(23)16-3-2-4-24-16)19-9-13-6-14(10-19)8-15(7-13)11-19/h5,13-16H,2-4,6-11H2,1H3,(H,20,22)(H,21,23)/b12-5+/t13?,14?,15?,16-,19?/m1/s1. The summed E-state index contributed by atoms with van der Waals surface area (Å²) in [5.74, 6) is 2.11. The Labute approximate surface area is 143 Å². The van der Waals surface area contributed by atoms with Gasteiger partial charge in [0.2, 0.25) is 0 Å². The molecule has 0 unspecified atom stereocenters. The van der Waals surface area contributed by atoms with Gasteiger partial charge in [-0.2, -0.15) is 0 Å². The van der Waals surface area contributed by atoms with Crippen LogP contribution in [-0.2, 0) is 14.3 Å². The molecule has 5 nitrogen and oxygen atoms in total. The quantitative estimate of drug-likeness (QED) is 0.616. The van der Waals surface area contributed by atoms with Crippen LogP contribution in [0.1, 0.15) is 58.3 Å². The molecule has 0 spiro atoms. The van der Waals surface area contributed by atoms with Crippen LogP contribution in [-0.4, -0.2) is 24.5 Å². The smallest absolute Gasteiger partial charge is 0.267 e. The van der Waals surface area contributed by atoms with Gasteiger partial charge in [-0.1, -0.05) is 5.57 Å². The molecular weight excluding hydrogens is 304 g/mol. The highest BCUT2D eigenvalue weighted by molar-refractivity contribution is 5.91. The average molecular weight is 332 g/mol. The Balaban J connectivity index is 1.36. The Morgan fingerprint density at radius 1 is 1.04 bits per heavy atom. The van der Waals surface area contributed by atoms with Crippen LogP contribution in [0.4, 0.5) is 0 Å². The lowest BCUT2D eigenvalue weighted by Crippen LogP contribution is -2.48. The Hall–Kier alpha value is -1.36. The minimum atomic E-state index is -0.418. The van der Waals surface area contributed by atoms with Gasteiger partial charge in [-0.3, -0.25) is 20.4 Å². The van der Waals surface area contributed by atoms with Crippen molar-refractivity contribution in [1.29, 1.82) is 0 Å². The summed E-state index contributed by atoms with van der Waals surface area (Å²) in [7, 11) is 0. The Bertz CT molecular complexity index is 528. The first kappa shape index (κ1) is 16.1. The first-order valence-corrected chi connectivity index (χ1v) is 9.44. The molecule has 132 valence electrons. The third-order valence-corrected chi connectivity index (χ3v) is 6.75. The van der Waals surface area contributed by atoms with Crippen molar-refractivity contribution < 1.29 is 14.3 Å². The van der Waals surface area contributed by atoms with Crippen molar-refractivity contribution in [2.45, 2.75) is 64.4 Å². The first-order valence-electron chi connectivity index (χ1n) is 9.44. The van der Waals surface area contributed by atoms with E-state index in [4.69, 9.17) is 4.74 Å². The van der Waals surface area contributed by atoms with E-state index in [1.54, 1.807) is 6.08 Å². The maximum Gasteiger partial charge on any atom is 0.267 e. The zero-order valence-electron chi connectivity index (χ0n) is 14.5. The first-order chi connectivity index (χ1) is 11.5. The summed E-state index contributed by atoms with van der Waals surface area (Å²) < 4.78 is 5.31. The van der Waals surface area contributed by atoms with Crippen LogP contribution in [0.25, 0.3) is 0 Å². The van der Waals surface area contributed by atoms with Crippen LogP contribution in [0.15, 0.2) is 11.6 Å². The van der Waals surface area contributed by atoms with Crippen LogP contribution in [0.5, 0.6) is 0 Å². The number of allylic oxidation sites excluding steroid dienone is 1. The van der Waals surface area contributed by atoms with Crippen molar-refractivity contribution in [3.8, 4) is 0 Å². The monoisotopic (exact) mass is 332 g/mol. The number of hydrazine groups is 1. The molecule has 5 aliphatic rings. The lowest BCUT2D eigenvalue weighted by atomic mass is 9.48. The number of hydrogen-bond acceptors (Lipinski definition) is 3. The lowest BCUT2D eigenvalue weighted by Gasteiger charge is -2.57. The third kappa shape index (κ3) is 2.99. The molecule has 0 radical (unpaired) electrons.